The van der Waals surface area contributed by atoms with Crippen molar-refractivity contribution in [3.05, 3.63) is 30.0 Å². The number of nitrogens with zero attached hydrogens (tertiary/aromatic N) is 1. The van der Waals surface area contributed by atoms with Crippen molar-refractivity contribution >= 4 is 11.9 Å². The van der Waals surface area contributed by atoms with E-state index in [2.05, 4.69) is 11.6 Å². The maximum atomic E-state index is 8.78. The number of hydrogen-bond acceptors (Lipinski definition) is 3. The summed E-state index contributed by atoms with van der Waals surface area (Å²) in [7, 11) is 0. The van der Waals surface area contributed by atoms with Crippen LogP contribution in [-0.2, 0) is 6.61 Å². The molecule has 1 aromatic heterocycles. The Kier molecular flexibility index (Phi) is 2.23. The van der Waals surface area contributed by atoms with Gasteiger partial charge in [-0.15, -0.1) is 0 Å². The monoisotopic (exact) mass is 150 g/mol. The Morgan fingerprint density at radius 3 is 3.00 bits per heavy atom. The second-order valence-corrected chi connectivity index (χ2v) is 2.18. The van der Waals surface area contributed by atoms with Gasteiger partial charge in [-0.3, -0.25) is 0 Å². The number of hydrogen-bond donors (Lipinski definition) is 2. The lowest BCUT2D eigenvalue weighted by Crippen LogP contribution is -1.97. The van der Waals surface area contributed by atoms with E-state index >= 15 is 0 Å². The Morgan fingerprint density at radius 2 is 2.45 bits per heavy atom. The fourth-order valence-electron chi connectivity index (χ4n) is 0.778. The second kappa shape index (κ2) is 3.16. The molecular formula is C8H10N2O. The van der Waals surface area contributed by atoms with Gasteiger partial charge in [-0.1, -0.05) is 12.7 Å². The largest absolute Gasteiger partial charge is 0.392 e. The molecule has 3 nitrogen and oxygen atoms in total. The molecule has 0 spiro atoms. The lowest BCUT2D eigenvalue weighted by molar-refractivity contribution is 0.282. The zero-order valence-corrected chi connectivity index (χ0v) is 6.12. The first-order valence-electron chi connectivity index (χ1n) is 3.25. The van der Waals surface area contributed by atoms with Crippen LogP contribution in [0.3, 0.4) is 0 Å². The topological polar surface area (TPSA) is 59.1 Å². The maximum Gasteiger partial charge on any atom is 0.128 e. The van der Waals surface area contributed by atoms with Gasteiger partial charge in [0.25, 0.3) is 0 Å². The van der Waals surface area contributed by atoms with Crippen LogP contribution in [0.25, 0.3) is 6.08 Å². The van der Waals surface area contributed by atoms with E-state index in [1.807, 2.05) is 0 Å². The number of rotatable bonds is 2. The number of anilines is 1. The molecule has 0 aromatic carbocycles. The summed E-state index contributed by atoms with van der Waals surface area (Å²) in [6, 6.07) is 1.76. The normalized spacial score (nSPS) is 9.55. The van der Waals surface area contributed by atoms with Gasteiger partial charge >= 0.3 is 0 Å². The van der Waals surface area contributed by atoms with E-state index in [1.54, 1.807) is 18.3 Å². The molecule has 0 atom stereocenters. The van der Waals surface area contributed by atoms with Crippen molar-refractivity contribution in [1.82, 2.24) is 4.98 Å². The first kappa shape index (κ1) is 7.75. The predicted molar refractivity (Wildman–Crippen MR) is 44.7 cm³/mol. The van der Waals surface area contributed by atoms with Gasteiger partial charge in [0.05, 0.1) is 6.61 Å². The van der Waals surface area contributed by atoms with E-state index in [4.69, 9.17) is 10.8 Å². The first-order valence-corrected chi connectivity index (χ1v) is 3.25. The minimum absolute atomic E-state index is 0.0828. The molecule has 0 aliphatic rings. The van der Waals surface area contributed by atoms with Gasteiger partial charge in [-0.25, -0.2) is 4.98 Å². The predicted octanol–water partition coefficient (Wildman–Crippen LogP) is 0.799. The van der Waals surface area contributed by atoms with E-state index in [-0.39, 0.29) is 6.61 Å². The summed E-state index contributed by atoms with van der Waals surface area (Å²) in [6.45, 7) is 3.49. The average molecular weight is 150 g/mol. The van der Waals surface area contributed by atoms with Gasteiger partial charge in [0.15, 0.2) is 0 Å². The van der Waals surface area contributed by atoms with E-state index < -0.39 is 0 Å². The third-order valence-corrected chi connectivity index (χ3v) is 1.43. The van der Waals surface area contributed by atoms with Gasteiger partial charge in [0, 0.05) is 11.8 Å². The van der Waals surface area contributed by atoms with Gasteiger partial charge in [-0.05, 0) is 11.6 Å². The fraction of sp³-hybridized carbons (Fsp3) is 0.125. The summed E-state index contributed by atoms with van der Waals surface area (Å²) >= 11 is 0. The Labute approximate surface area is 65.2 Å². The van der Waals surface area contributed by atoms with Crippen molar-refractivity contribution < 1.29 is 5.11 Å². The molecule has 3 N–H and O–H groups in total. The number of aliphatic hydroxyl groups is 1. The summed E-state index contributed by atoms with van der Waals surface area (Å²) in [5.41, 5.74) is 6.95. The van der Waals surface area contributed by atoms with Gasteiger partial charge in [0.2, 0.25) is 0 Å². The van der Waals surface area contributed by atoms with Crippen LogP contribution in [0.4, 0.5) is 5.82 Å². The van der Waals surface area contributed by atoms with E-state index in [0.717, 1.165) is 5.56 Å². The summed E-state index contributed by atoms with van der Waals surface area (Å²) in [5.74, 6) is 0.373. The van der Waals surface area contributed by atoms with Gasteiger partial charge in [-0.2, -0.15) is 0 Å². The van der Waals surface area contributed by atoms with Crippen molar-refractivity contribution in [3.8, 4) is 0 Å². The Balaban J connectivity index is 3.12. The van der Waals surface area contributed by atoms with E-state index in [1.165, 1.54) is 0 Å². The van der Waals surface area contributed by atoms with Crippen LogP contribution in [0.1, 0.15) is 11.1 Å². The summed E-state index contributed by atoms with van der Waals surface area (Å²) < 4.78 is 0. The van der Waals surface area contributed by atoms with Crippen molar-refractivity contribution in [2.45, 2.75) is 6.61 Å². The molecule has 0 saturated carbocycles. The smallest absolute Gasteiger partial charge is 0.128 e. The Morgan fingerprint density at radius 1 is 1.73 bits per heavy atom. The SMILES string of the molecule is C=Cc1cnc(N)c(CO)c1. The molecule has 1 rings (SSSR count). The molecule has 0 fully saturated rings. The molecule has 0 bridgehead atoms. The zero-order valence-electron chi connectivity index (χ0n) is 6.12. The van der Waals surface area contributed by atoms with Crippen molar-refractivity contribution in [2.75, 3.05) is 5.73 Å². The van der Waals surface area contributed by atoms with Crippen molar-refractivity contribution in [2.24, 2.45) is 0 Å². The highest BCUT2D eigenvalue weighted by atomic mass is 16.3. The zero-order chi connectivity index (χ0) is 8.27. The Hall–Kier alpha value is -1.35. The van der Waals surface area contributed by atoms with Gasteiger partial charge < -0.3 is 10.8 Å². The molecule has 0 amide bonds. The fourth-order valence-corrected chi connectivity index (χ4v) is 0.778. The number of aromatic nitrogens is 1. The molecular weight excluding hydrogens is 140 g/mol. The third kappa shape index (κ3) is 1.56. The van der Waals surface area contributed by atoms with E-state index in [9.17, 15) is 0 Å². The molecule has 0 unspecified atom stereocenters. The number of aliphatic hydroxyl groups excluding tert-OH is 1. The minimum atomic E-state index is -0.0828. The van der Waals surface area contributed by atoms with Crippen LogP contribution in [0.5, 0.6) is 0 Å². The third-order valence-electron chi connectivity index (χ3n) is 1.43. The minimum Gasteiger partial charge on any atom is -0.392 e. The molecule has 0 radical (unpaired) electrons. The summed E-state index contributed by atoms with van der Waals surface area (Å²) in [6.07, 6.45) is 3.27. The molecule has 1 aromatic rings. The Bertz CT molecular complexity index is 271. The van der Waals surface area contributed by atoms with Crippen molar-refractivity contribution in [1.29, 1.82) is 0 Å². The number of pyridine rings is 1. The highest BCUT2D eigenvalue weighted by Gasteiger charge is 1.97. The second-order valence-electron chi connectivity index (χ2n) is 2.18. The molecule has 58 valence electrons. The summed E-state index contributed by atoms with van der Waals surface area (Å²) in [5, 5.41) is 8.78. The number of nitrogen functional groups attached to an aromatic ring is 1. The maximum absolute atomic E-state index is 8.78. The molecule has 0 saturated heterocycles. The standard InChI is InChI=1S/C8H10N2O/c1-2-6-3-7(5-11)8(9)10-4-6/h2-4,11H,1,5H2,(H2,9,10). The number of nitrogens with two attached hydrogens (primary N) is 1. The van der Waals surface area contributed by atoms with Crippen LogP contribution >= 0.6 is 0 Å². The van der Waals surface area contributed by atoms with Crippen LogP contribution < -0.4 is 5.73 Å². The average Bonchev–Trinajstić information content (AvgIpc) is 2.05. The van der Waals surface area contributed by atoms with Crippen molar-refractivity contribution in [3.63, 3.8) is 0 Å². The van der Waals surface area contributed by atoms with Crippen LogP contribution in [-0.4, -0.2) is 10.1 Å². The first-order chi connectivity index (χ1) is 5.27. The van der Waals surface area contributed by atoms with Crippen LogP contribution in [0, 0.1) is 0 Å². The quantitative estimate of drug-likeness (QED) is 0.655. The van der Waals surface area contributed by atoms with Crippen LogP contribution in [0.2, 0.25) is 0 Å². The molecule has 11 heavy (non-hydrogen) atoms. The lowest BCUT2D eigenvalue weighted by atomic mass is 10.2. The molecule has 0 aliphatic carbocycles. The van der Waals surface area contributed by atoms with Gasteiger partial charge in [0.1, 0.15) is 5.82 Å². The van der Waals surface area contributed by atoms with Crippen LogP contribution in [0.15, 0.2) is 18.8 Å². The van der Waals surface area contributed by atoms with E-state index in [0.29, 0.717) is 11.4 Å². The highest BCUT2D eigenvalue weighted by molar-refractivity contribution is 5.51. The lowest BCUT2D eigenvalue weighted by Gasteiger charge is -2.00. The summed E-state index contributed by atoms with van der Waals surface area (Å²) in [4.78, 5) is 3.87. The molecule has 1 heterocycles. The molecule has 0 aliphatic heterocycles. The molecule has 3 heteroatoms. The highest BCUT2D eigenvalue weighted by Crippen LogP contribution is 2.10.